The first-order valence-corrected chi connectivity index (χ1v) is 10.3. The van der Waals surface area contributed by atoms with Crippen molar-refractivity contribution in [2.45, 2.75) is 63.3 Å². The number of nitrogens with zero attached hydrogens (tertiary/aromatic N) is 1. The van der Waals surface area contributed by atoms with E-state index in [4.69, 9.17) is 0 Å². The Morgan fingerprint density at radius 2 is 1.87 bits per heavy atom. The predicted octanol–water partition coefficient (Wildman–Crippen LogP) is 4.01. The van der Waals surface area contributed by atoms with Crippen LogP contribution in [0.4, 0.5) is 0 Å². The highest BCUT2D eigenvalue weighted by Crippen LogP contribution is 2.37. The summed E-state index contributed by atoms with van der Waals surface area (Å²) >= 11 is 1.80. The zero-order valence-electron chi connectivity index (χ0n) is 13.9. The van der Waals surface area contributed by atoms with Gasteiger partial charge in [-0.3, -0.25) is 4.79 Å². The third kappa shape index (κ3) is 3.20. The second-order valence-corrected chi connectivity index (χ2v) is 8.46. The van der Waals surface area contributed by atoms with Gasteiger partial charge in [0.2, 0.25) is 0 Å². The van der Waals surface area contributed by atoms with Crippen LogP contribution < -0.4 is 5.32 Å². The molecule has 4 heteroatoms. The first kappa shape index (κ1) is 15.6. The SMILES string of the molecule is O=C(c1csc(C2CCNCC2)c1)N1CCC[C@H]2CCCC[C@H]21. The number of likely N-dealkylation sites (tertiary alicyclic amines) is 1. The van der Waals surface area contributed by atoms with Crippen molar-refractivity contribution in [1.82, 2.24) is 10.2 Å². The van der Waals surface area contributed by atoms with Crippen molar-refractivity contribution in [2.75, 3.05) is 19.6 Å². The normalized spacial score (nSPS) is 29.3. The van der Waals surface area contributed by atoms with E-state index in [1.54, 1.807) is 11.3 Å². The molecule has 1 aliphatic carbocycles. The van der Waals surface area contributed by atoms with E-state index in [-0.39, 0.29) is 0 Å². The summed E-state index contributed by atoms with van der Waals surface area (Å²) in [6.45, 7) is 3.20. The van der Waals surface area contributed by atoms with Crippen LogP contribution in [-0.4, -0.2) is 36.5 Å². The van der Waals surface area contributed by atoms with Gasteiger partial charge in [-0.1, -0.05) is 12.8 Å². The van der Waals surface area contributed by atoms with Crippen molar-refractivity contribution >= 4 is 17.2 Å². The molecule has 4 rings (SSSR count). The van der Waals surface area contributed by atoms with Gasteiger partial charge in [-0.2, -0.15) is 0 Å². The number of carbonyl (C=O) groups is 1. The minimum absolute atomic E-state index is 0.304. The van der Waals surface area contributed by atoms with Gasteiger partial charge in [-0.25, -0.2) is 0 Å². The summed E-state index contributed by atoms with van der Waals surface area (Å²) in [4.78, 5) is 16.7. The number of fused-ring (bicyclic) bond motifs is 1. The van der Waals surface area contributed by atoms with Crippen LogP contribution in [0.1, 0.15) is 72.5 Å². The van der Waals surface area contributed by atoms with Crippen molar-refractivity contribution < 1.29 is 4.79 Å². The number of hydrogen-bond acceptors (Lipinski definition) is 3. The number of rotatable bonds is 2. The Hall–Kier alpha value is -0.870. The predicted molar refractivity (Wildman–Crippen MR) is 95.2 cm³/mol. The van der Waals surface area contributed by atoms with Crippen LogP contribution in [0.25, 0.3) is 0 Å². The van der Waals surface area contributed by atoms with Gasteiger partial charge in [-0.15, -0.1) is 11.3 Å². The maximum Gasteiger partial charge on any atom is 0.254 e. The third-order valence-electron chi connectivity index (χ3n) is 6.11. The zero-order valence-corrected chi connectivity index (χ0v) is 14.7. The summed E-state index contributed by atoms with van der Waals surface area (Å²) in [5.41, 5.74) is 0.953. The molecule has 3 nitrogen and oxygen atoms in total. The van der Waals surface area contributed by atoms with Crippen LogP contribution in [0, 0.1) is 5.92 Å². The Labute approximate surface area is 143 Å². The van der Waals surface area contributed by atoms with Crippen LogP contribution in [-0.2, 0) is 0 Å². The minimum atomic E-state index is 0.304. The molecule has 3 heterocycles. The lowest BCUT2D eigenvalue weighted by molar-refractivity contribution is 0.0391. The molecule has 3 fully saturated rings. The molecule has 0 bridgehead atoms. The van der Waals surface area contributed by atoms with Gasteiger partial charge in [-0.05, 0) is 69.5 Å². The maximum atomic E-state index is 13.1. The highest BCUT2D eigenvalue weighted by atomic mass is 32.1. The van der Waals surface area contributed by atoms with E-state index in [0.29, 0.717) is 17.9 Å². The minimum Gasteiger partial charge on any atom is -0.335 e. The zero-order chi connectivity index (χ0) is 15.6. The molecule has 2 saturated heterocycles. The fourth-order valence-electron chi connectivity index (χ4n) is 4.83. The van der Waals surface area contributed by atoms with Gasteiger partial charge in [0, 0.05) is 22.8 Å². The largest absolute Gasteiger partial charge is 0.335 e. The molecule has 2 aliphatic heterocycles. The van der Waals surface area contributed by atoms with E-state index in [2.05, 4.69) is 21.7 Å². The molecule has 1 aromatic heterocycles. The molecule has 23 heavy (non-hydrogen) atoms. The standard InChI is InChI=1S/C19H28N2OS/c22-19(21-11-3-5-14-4-1-2-6-17(14)21)16-12-18(23-13-16)15-7-9-20-10-8-15/h12-15,17,20H,1-11H2/t14-,17-/m1/s1. The van der Waals surface area contributed by atoms with Crippen molar-refractivity contribution in [1.29, 1.82) is 0 Å². The van der Waals surface area contributed by atoms with Crippen LogP contribution in [0.2, 0.25) is 0 Å². The molecule has 3 aliphatic rings. The fourth-order valence-corrected chi connectivity index (χ4v) is 5.88. The Balaban J connectivity index is 1.48. The lowest BCUT2D eigenvalue weighted by Gasteiger charge is -2.44. The Bertz CT molecular complexity index is 547. The number of piperidine rings is 2. The average molecular weight is 333 g/mol. The monoisotopic (exact) mass is 332 g/mol. The summed E-state index contributed by atoms with van der Waals surface area (Å²) in [5.74, 6) is 1.73. The first-order valence-electron chi connectivity index (χ1n) is 9.43. The van der Waals surface area contributed by atoms with Crippen LogP contribution in [0.3, 0.4) is 0 Å². The molecule has 2 atom stereocenters. The van der Waals surface area contributed by atoms with E-state index in [9.17, 15) is 4.79 Å². The van der Waals surface area contributed by atoms with E-state index < -0.39 is 0 Å². The summed E-state index contributed by atoms with van der Waals surface area (Å²) < 4.78 is 0. The van der Waals surface area contributed by atoms with Crippen LogP contribution in [0.5, 0.6) is 0 Å². The van der Waals surface area contributed by atoms with Gasteiger partial charge in [0.05, 0.1) is 5.56 Å². The summed E-state index contributed by atoms with van der Waals surface area (Å²) in [5, 5.41) is 5.54. The van der Waals surface area contributed by atoms with E-state index in [0.717, 1.165) is 31.1 Å². The van der Waals surface area contributed by atoms with Crippen molar-refractivity contribution in [3.05, 3.63) is 21.9 Å². The van der Waals surface area contributed by atoms with Crippen LogP contribution >= 0.6 is 11.3 Å². The summed E-state index contributed by atoms with van der Waals surface area (Å²) in [7, 11) is 0. The van der Waals surface area contributed by atoms with E-state index in [1.807, 2.05) is 0 Å². The molecule has 0 aromatic carbocycles. The Kier molecular flexibility index (Phi) is 4.72. The summed E-state index contributed by atoms with van der Waals surface area (Å²) in [6.07, 6.45) is 10.2. The molecule has 0 spiro atoms. The maximum absolute atomic E-state index is 13.1. The molecule has 0 radical (unpaired) electrons. The van der Waals surface area contributed by atoms with E-state index in [1.165, 1.54) is 56.2 Å². The number of carbonyl (C=O) groups excluding carboxylic acids is 1. The van der Waals surface area contributed by atoms with Gasteiger partial charge in [0.25, 0.3) is 5.91 Å². The highest BCUT2D eigenvalue weighted by molar-refractivity contribution is 7.10. The fraction of sp³-hybridized carbons (Fsp3) is 0.737. The molecular formula is C19H28N2OS. The average Bonchev–Trinajstić information content (AvgIpc) is 3.11. The number of amides is 1. The topological polar surface area (TPSA) is 32.3 Å². The number of thiophene rings is 1. The van der Waals surface area contributed by atoms with Gasteiger partial charge in [0.15, 0.2) is 0 Å². The first-order chi connectivity index (χ1) is 11.3. The van der Waals surface area contributed by atoms with Crippen molar-refractivity contribution in [3.63, 3.8) is 0 Å². The molecule has 0 unspecified atom stereocenters. The number of hydrogen-bond donors (Lipinski definition) is 1. The lowest BCUT2D eigenvalue weighted by Crippen LogP contribution is -2.49. The number of nitrogens with one attached hydrogen (secondary N) is 1. The molecule has 1 N–H and O–H groups in total. The van der Waals surface area contributed by atoms with Gasteiger partial charge < -0.3 is 10.2 Å². The smallest absolute Gasteiger partial charge is 0.254 e. The second-order valence-electron chi connectivity index (χ2n) is 7.51. The molecule has 1 amide bonds. The van der Waals surface area contributed by atoms with Crippen molar-refractivity contribution in [3.8, 4) is 0 Å². The quantitative estimate of drug-likeness (QED) is 0.887. The molecule has 1 aromatic rings. The van der Waals surface area contributed by atoms with Crippen LogP contribution in [0.15, 0.2) is 11.4 Å². The van der Waals surface area contributed by atoms with Gasteiger partial charge in [0.1, 0.15) is 0 Å². The third-order valence-corrected chi connectivity index (χ3v) is 7.21. The van der Waals surface area contributed by atoms with E-state index >= 15 is 0 Å². The molecule has 1 saturated carbocycles. The van der Waals surface area contributed by atoms with Gasteiger partial charge >= 0.3 is 0 Å². The van der Waals surface area contributed by atoms with Crippen molar-refractivity contribution in [2.24, 2.45) is 5.92 Å². The highest BCUT2D eigenvalue weighted by Gasteiger charge is 2.36. The molecule has 126 valence electrons. The Morgan fingerprint density at radius 3 is 2.74 bits per heavy atom. The summed E-state index contributed by atoms with van der Waals surface area (Å²) in [6, 6.07) is 2.72. The second kappa shape index (κ2) is 6.94. The molecular weight excluding hydrogens is 304 g/mol. The Morgan fingerprint density at radius 1 is 1.09 bits per heavy atom. The lowest BCUT2D eigenvalue weighted by atomic mass is 9.78.